The molecular formula is C16H24BrNO. The van der Waals surface area contributed by atoms with Crippen LogP contribution >= 0.6 is 15.9 Å². The summed E-state index contributed by atoms with van der Waals surface area (Å²) in [5.41, 5.74) is 2.67. The number of hydrogen-bond acceptors (Lipinski definition) is 2. The van der Waals surface area contributed by atoms with Crippen LogP contribution in [0.15, 0.2) is 22.7 Å². The quantitative estimate of drug-likeness (QED) is 0.864. The van der Waals surface area contributed by atoms with E-state index >= 15 is 0 Å². The predicted octanol–water partition coefficient (Wildman–Crippen LogP) is 4.52. The van der Waals surface area contributed by atoms with Gasteiger partial charge in [0.15, 0.2) is 0 Å². The lowest BCUT2D eigenvalue weighted by Gasteiger charge is -2.26. The molecule has 19 heavy (non-hydrogen) atoms. The zero-order valence-corrected chi connectivity index (χ0v) is 13.7. The van der Waals surface area contributed by atoms with Crippen molar-refractivity contribution in [2.24, 2.45) is 5.41 Å². The third kappa shape index (κ3) is 3.73. The highest BCUT2D eigenvalue weighted by Gasteiger charge is 2.24. The second kappa shape index (κ2) is 5.84. The Morgan fingerprint density at radius 1 is 1.26 bits per heavy atom. The largest absolute Gasteiger partial charge is 0.389 e. The first-order chi connectivity index (χ1) is 8.89. The van der Waals surface area contributed by atoms with E-state index in [1.54, 1.807) is 6.92 Å². The maximum atomic E-state index is 9.63. The molecule has 0 aromatic heterocycles. The highest BCUT2D eigenvalue weighted by molar-refractivity contribution is 9.10. The SMILES string of the molecule is C[C@H](O)c1ccc(N2CCCC(C)(C)CC2)c(Br)c1. The van der Waals surface area contributed by atoms with Gasteiger partial charge in [-0.05, 0) is 65.2 Å². The van der Waals surface area contributed by atoms with Crippen LogP contribution in [0.4, 0.5) is 5.69 Å². The van der Waals surface area contributed by atoms with Gasteiger partial charge in [0, 0.05) is 17.6 Å². The van der Waals surface area contributed by atoms with Gasteiger partial charge in [-0.3, -0.25) is 0 Å². The molecular weight excluding hydrogens is 302 g/mol. The number of anilines is 1. The van der Waals surface area contributed by atoms with Crippen LogP contribution in [-0.4, -0.2) is 18.2 Å². The average Bonchev–Trinajstić information content (AvgIpc) is 2.50. The van der Waals surface area contributed by atoms with E-state index in [9.17, 15) is 5.11 Å². The highest BCUT2D eigenvalue weighted by Crippen LogP contribution is 2.35. The number of benzene rings is 1. The molecule has 0 radical (unpaired) electrons. The van der Waals surface area contributed by atoms with Crippen molar-refractivity contribution < 1.29 is 5.11 Å². The lowest BCUT2D eigenvalue weighted by molar-refractivity contribution is 0.199. The van der Waals surface area contributed by atoms with Crippen LogP contribution in [0.5, 0.6) is 0 Å². The van der Waals surface area contributed by atoms with Crippen LogP contribution in [0.25, 0.3) is 0 Å². The summed E-state index contributed by atoms with van der Waals surface area (Å²) in [7, 11) is 0. The topological polar surface area (TPSA) is 23.5 Å². The Bertz CT molecular complexity index is 442. The molecule has 1 heterocycles. The lowest BCUT2D eigenvalue weighted by atomic mass is 9.85. The zero-order chi connectivity index (χ0) is 14.0. The molecule has 0 saturated carbocycles. The molecule has 1 aliphatic rings. The normalized spacial score (nSPS) is 21.0. The van der Waals surface area contributed by atoms with Gasteiger partial charge in [0.25, 0.3) is 0 Å². The fourth-order valence-electron chi connectivity index (χ4n) is 2.70. The molecule has 1 N–H and O–H groups in total. The Balaban J connectivity index is 2.18. The first-order valence-electron chi connectivity index (χ1n) is 7.11. The monoisotopic (exact) mass is 325 g/mol. The van der Waals surface area contributed by atoms with E-state index in [0.29, 0.717) is 5.41 Å². The predicted molar refractivity (Wildman–Crippen MR) is 84.6 cm³/mol. The maximum absolute atomic E-state index is 9.63. The standard InChI is InChI=1S/C16H24BrNO/c1-12(19)13-5-6-15(14(17)11-13)18-9-4-7-16(2,3)8-10-18/h5-6,11-12,19H,4,7-10H2,1-3H3/t12-/m0/s1. The van der Waals surface area contributed by atoms with E-state index in [2.05, 4.69) is 40.7 Å². The summed E-state index contributed by atoms with van der Waals surface area (Å²) in [6.07, 6.45) is 3.37. The minimum absolute atomic E-state index is 0.409. The summed E-state index contributed by atoms with van der Waals surface area (Å²) in [5.74, 6) is 0. The van der Waals surface area contributed by atoms with Crippen LogP contribution in [0.3, 0.4) is 0 Å². The Hall–Kier alpha value is -0.540. The Kier molecular flexibility index (Phi) is 4.57. The molecule has 3 heteroatoms. The summed E-state index contributed by atoms with van der Waals surface area (Å²) in [4.78, 5) is 2.46. The van der Waals surface area contributed by atoms with Crippen LogP contribution < -0.4 is 4.90 Å². The summed E-state index contributed by atoms with van der Waals surface area (Å²) in [6, 6.07) is 6.20. The first-order valence-corrected chi connectivity index (χ1v) is 7.91. The number of nitrogens with zero attached hydrogens (tertiary/aromatic N) is 1. The lowest BCUT2D eigenvalue weighted by Crippen LogP contribution is -2.25. The molecule has 0 aliphatic carbocycles. The fraction of sp³-hybridized carbons (Fsp3) is 0.625. The van der Waals surface area contributed by atoms with E-state index < -0.39 is 6.10 Å². The molecule has 0 spiro atoms. The molecule has 0 unspecified atom stereocenters. The fourth-order valence-corrected chi connectivity index (χ4v) is 3.35. The van der Waals surface area contributed by atoms with E-state index in [-0.39, 0.29) is 0 Å². The molecule has 2 rings (SSSR count). The maximum Gasteiger partial charge on any atom is 0.0762 e. The van der Waals surface area contributed by atoms with E-state index in [4.69, 9.17) is 0 Å². The van der Waals surface area contributed by atoms with Gasteiger partial charge < -0.3 is 10.0 Å². The van der Waals surface area contributed by atoms with Crippen LogP contribution in [0.2, 0.25) is 0 Å². The molecule has 1 fully saturated rings. The van der Waals surface area contributed by atoms with Crippen LogP contribution in [-0.2, 0) is 0 Å². The summed E-state index contributed by atoms with van der Waals surface area (Å²) in [5, 5.41) is 9.63. The smallest absolute Gasteiger partial charge is 0.0762 e. The second-order valence-electron chi connectivity index (χ2n) is 6.39. The Morgan fingerprint density at radius 2 is 2.00 bits per heavy atom. The van der Waals surface area contributed by atoms with Crippen molar-refractivity contribution in [3.05, 3.63) is 28.2 Å². The van der Waals surface area contributed by atoms with Gasteiger partial charge in [-0.25, -0.2) is 0 Å². The van der Waals surface area contributed by atoms with Gasteiger partial charge in [0.1, 0.15) is 0 Å². The molecule has 1 aromatic carbocycles. The van der Waals surface area contributed by atoms with Crippen LogP contribution in [0, 0.1) is 5.41 Å². The van der Waals surface area contributed by atoms with Gasteiger partial charge in [-0.15, -0.1) is 0 Å². The van der Waals surface area contributed by atoms with E-state index in [1.807, 2.05) is 12.1 Å². The van der Waals surface area contributed by atoms with Crippen molar-refractivity contribution in [1.82, 2.24) is 0 Å². The average molecular weight is 326 g/mol. The van der Waals surface area contributed by atoms with Gasteiger partial charge in [-0.2, -0.15) is 0 Å². The van der Waals surface area contributed by atoms with Crippen molar-refractivity contribution in [3.8, 4) is 0 Å². The summed E-state index contributed by atoms with van der Waals surface area (Å²) >= 11 is 3.65. The highest BCUT2D eigenvalue weighted by atomic mass is 79.9. The van der Waals surface area contributed by atoms with Gasteiger partial charge >= 0.3 is 0 Å². The Morgan fingerprint density at radius 3 is 2.63 bits per heavy atom. The van der Waals surface area contributed by atoms with Crippen molar-refractivity contribution in [1.29, 1.82) is 0 Å². The van der Waals surface area contributed by atoms with E-state index in [1.165, 1.54) is 24.9 Å². The summed E-state index contributed by atoms with van der Waals surface area (Å²) in [6.45, 7) is 8.76. The summed E-state index contributed by atoms with van der Waals surface area (Å²) < 4.78 is 1.09. The van der Waals surface area contributed by atoms with Crippen molar-refractivity contribution in [3.63, 3.8) is 0 Å². The Labute approximate surface area is 124 Å². The molecule has 1 saturated heterocycles. The molecule has 2 nitrogen and oxygen atoms in total. The number of aliphatic hydroxyl groups is 1. The minimum Gasteiger partial charge on any atom is -0.389 e. The molecule has 0 bridgehead atoms. The van der Waals surface area contributed by atoms with E-state index in [0.717, 1.165) is 23.1 Å². The number of hydrogen-bond donors (Lipinski definition) is 1. The molecule has 1 atom stereocenters. The molecule has 0 amide bonds. The third-order valence-corrected chi connectivity index (χ3v) is 4.77. The molecule has 1 aliphatic heterocycles. The van der Waals surface area contributed by atoms with Crippen molar-refractivity contribution >= 4 is 21.6 Å². The first kappa shape index (κ1) is 14.9. The van der Waals surface area contributed by atoms with Gasteiger partial charge in [0.05, 0.1) is 11.8 Å². The zero-order valence-electron chi connectivity index (χ0n) is 12.1. The number of rotatable bonds is 2. The van der Waals surface area contributed by atoms with Gasteiger partial charge in [0.2, 0.25) is 0 Å². The van der Waals surface area contributed by atoms with Gasteiger partial charge in [-0.1, -0.05) is 19.9 Å². The second-order valence-corrected chi connectivity index (χ2v) is 7.25. The number of halogens is 1. The third-order valence-electron chi connectivity index (χ3n) is 4.13. The molecule has 1 aromatic rings. The molecule has 106 valence electrons. The van der Waals surface area contributed by atoms with Crippen molar-refractivity contribution in [2.75, 3.05) is 18.0 Å². The number of aliphatic hydroxyl groups excluding tert-OH is 1. The van der Waals surface area contributed by atoms with Crippen molar-refractivity contribution in [2.45, 2.75) is 46.1 Å². The minimum atomic E-state index is -0.409. The van der Waals surface area contributed by atoms with Crippen LogP contribution in [0.1, 0.15) is 51.7 Å².